The minimum atomic E-state index is -0.983. The van der Waals surface area contributed by atoms with Gasteiger partial charge in [-0.15, -0.1) is 0 Å². The van der Waals surface area contributed by atoms with Crippen LogP contribution in [0.3, 0.4) is 0 Å². The van der Waals surface area contributed by atoms with Crippen LogP contribution in [0.5, 0.6) is 5.75 Å². The van der Waals surface area contributed by atoms with Crippen molar-refractivity contribution in [2.75, 3.05) is 13.3 Å². The van der Waals surface area contributed by atoms with Gasteiger partial charge in [0.25, 0.3) is 0 Å². The fraction of sp³-hybridized carbons (Fsp3) is 0.364. The van der Waals surface area contributed by atoms with Crippen molar-refractivity contribution < 1.29 is 19.0 Å². The number of hydrogen-bond donors (Lipinski definition) is 1. The van der Waals surface area contributed by atoms with Gasteiger partial charge >= 0.3 is 5.97 Å². The first-order valence-corrected chi connectivity index (χ1v) is 4.68. The first-order valence-electron chi connectivity index (χ1n) is 4.68. The second-order valence-electron chi connectivity index (χ2n) is 3.12. The van der Waals surface area contributed by atoms with Gasteiger partial charge in [-0.05, 0) is 19.1 Å². The van der Waals surface area contributed by atoms with Crippen molar-refractivity contribution in [3.05, 3.63) is 29.3 Å². The van der Waals surface area contributed by atoms with E-state index in [4.69, 9.17) is 9.84 Å². The molecule has 0 saturated heterocycles. The fourth-order valence-electron chi connectivity index (χ4n) is 1.24. The summed E-state index contributed by atoms with van der Waals surface area (Å²) in [5.41, 5.74) is 0.789. The standard InChI is InChI=1S/C11H13FO3/c1-8-9(11(13)14)4-2-5-10(8)15-7-3-6-12/h2,4-5H,3,6-7H2,1H3,(H,13,14). The largest absolute Gasteiger partial charge is 0.493 e. The Morgan fingerprint density at radius 2 is 2.27 bits per heavy atom. The molecule has 15 heavy (non-hydrogen) atoms. The Labute approximate surface area is 87.5 Å². The van der Waals surface area contributed by atoms with E-state index in [1.165, 1.54) is 6.07 Å². The first-order chi connectivity index (χ1) is 7.16. The van der Waals surface area contributed by atoms with Gasteiger partial charge in [-0.1, -0.05) is 6.07 Å². The van der Waals surface area contributed by atoms with Gasteiger partial charge in [0.15, 0.2) is 0 Å². The lowest BCUT2D eigenvalue weighted by Crippen LogP contribution is -2.04. The number of carboxylic acids is 1. The number of benzene rings is 1. The molecule has 0 aliphatic heterocycles. The Bertz CT molecular complexity index is 350. The molecule has 4 heteroatoms. The number of ether oxygens (including phenoxy) is 1. The van der Waals surface area contributed by atoms with E-state index in [9.17, 15) is 9.18 Å². The molecule has 1 rings (SSSR count). The van der Waals surface area contributed by atoms with Crippen LogP contribution >= 0.6 is 0 Å². The van der Waals surface area contributed by atoms with Crippen molar-refractivity contribution >= 4 is 5.97 Å². The molecule has 0 amide bonds. The maximum Gasteiger partial charge on any atom is 0.336 e. The highest BCUT2D eigenvalue weighted by atomic mass is 19.1. The highest BCUT2D eigenvalue weighted by Gasteiger charge is 2.10. The molecular weight excluding hydrogens is 199 g/mol. The van der Waals surface area contributed by atoms with Gasteiger partial charge in [0.1, 0.15) is 5.75 Å². The van der Waals surface area contributed by atoms with Crippen LogP contribution in [0, 0.1) is 6.92 Å². The van der Waals surface area contributed by atoms with Crippen molar-refractivity contribution in [2.24, 2.45) is 0 Å². The monoisotopic (exact) mass is 212 g/mol. The van der Waals surface area contributed by atoms with E-state index in [0.29, 0.717) is 17.7 Å². The zero-order valence-corrected chi connectivity index (χ0v) is 8.50. The summed E-state index contributed by atoms with van der Waals surface area (Å²) in [5, 5.41) is 8.85. The molecule has 0 heterocycles. The quantitative estimate of drug-likeness (QED) is 0.762. The van der Waals surface area contributed by atoms with Gasteiger partial charge in [-0.25, -0.2) is 4.79 Å². The molecule has 0 aromatic heterocycles. The maximum atomic E-state index is 11.8. The molecule has 3 nitrogen and oxygen atoms in total. The number of halogens is 1. The lowest BCUT2D eigenvalue weighted by molar-refractivity contribution is 0.0695. The van der Waals surface area contributed by atoms with Crippen molar-refractivity contribution in [2.45, 2.75) is 13.3 Å². The predicted molar refractivity (Wildman–Crippen MR) is 54.2 cm³/mol. The van der Waals surface area contributed by atoms with E-state index >= 15 is 0 Å². The molecule has 1 aromatic carbocycles. The third-order valence-electron chi connectivity index (χ3n) is 2.05. The van der Waals surface area contributed by atoms with Crippen molar-refractivity contribution in [3.63, 3.8) is 0 Å². The van der Waals surface area contributed by atoms with Crippen LogP contribution < -0.4 is 4.74 Å². The molecule has 0 atom stereocenters. The summed E-state index contributed by atoms with van der Waals surface area (Å²) in [5.74, 6) is -0.480. The van der Waals surface area contributed by atoms with Crippen LogP contribution in [0.2, 0.25) is 0 Å². The molecule has 0 bridgehead atoms. The summed E-state index contributed by atoms with van der Waals surface area (Å²) >= 11 is 0. The van der Waals surface area contributed by atoms with Gasteiger partial charge in [0, 0.05) is 12.0 Å². The van der Waals surface area contributed by atoms with Crippen molar-refractivity contribution in [1.82, 2.24) is 0 Å². The van der Waals surface area contributed by atoms with Crippen molar-refractivity contribution in [1.29, 1.82) is 0 Å². The normalized spacial score (nSPS) is 10.0. The van der Waals surface area contributed by atoms with Gasteiger partial charge in [-0.3, -0.25) is 4.39 Å². The number of carboxylic acid groups (broad SMARTS) is 1. The topological polar surface area (TPSA) is 46.5 Å². The number of aromatic carboxylic acids is 1. The molecule has 82 valence electrons. The summed E-state index contributed by atoms with van der Waals surface area (Å²) in [6, 6.07) is 4.81. The first kappa shape index (κ1) is 11.5. The van der Waals surface area contributed by atoms with E-state index in [1.807, 2.05) is 0 Å². The van der Waals surface area contributed by atoms with Crippen LogP contribution in [-0.4, -0.2) is 24.4 Å². The molecule has 0 aliphatic carbocycles. The van der Waals surface area contributed by atoms with Gasteiger partial charge in [0.05, 0.1) is 18.8 Å². The zero-order valence-electron chi connectivity index (χ0n) is 8.50. The minimum Gasteiger partial charge on any atom is -0.493 e. The Morgan fingerprint density at radius 1 is 1.53 bits per heavy atom. The third-order valence-corrected chi connectivity index (χ3v) is 2.05. The summed E-state index contributed by atoms with van der Waals surface area (Å²) in [6.45, 7) is 1.51. The van der Waals surface area contributed by atoms with Crippen LogP contribution in [0.15, 0.2) is 18.2 Å². The molecule has 1 aromatic rings. The SMILES string of the molecule is Cc1c(OCCCF)cccc1C(=O)O. The van der Waals surface area contributed by atoms with Crippen LogP contribution in [-0.2, 0) is 0 Å². The molecule has 1 N–H and O–H groups in total. The van der Waals surface area contributed by atoms with Crippen LogP contribution in [0.25, 0.3) is 0 Å². The number of alkyl halides is 1. The molecule has 0 fully saturated rings. The van der Waals surface area contributed by atoms with E-state index in [1.54, 1.807) is 19.1 Å². The van der Waals surface area contributed by atoms with Gasteiger partial charge in [0.2, 0.25) is 0 Å². The van der Waals surface area contributed by atoms with E-state index in [2.05, 4.69) is 0 Å². The van der Waals surface area contributed by atoms with Crippen LogP contribution in [0.4, 0.5) is 4.39 Å². The lowest BCUT2D eigenvalue weighted by atomic mass is 10.1. The minimum absolute atomic E-state index is 0.216. The molecule has 0 aliphatic rings. The van der Waals surface area contributed by atoms with Gasteiger partial charge < -0.3 is 9.84 Å². The summed E-state index contributed by atoms with van der Waals surface area (Å²) in [6.07, 6.45) is 0.316. The molecule has 0 spiro atoms. The average Bonchev–Trinajstić information content (AvgIpc) is 2.20. The lowest BCUT2D eigenvalue weighted by Gasteiger charge is -2.09. The Hall–Kier alpha value is -1.58. The number of hydrogen-bond acceptors (Lipinski definition) is 2. The van der Waals surface area contributed by atoms with Gasteiger partial charge in [-0.2, -0.15) is 0 Å². The highest BCUT2D eigenvalue weighted by Crippen LogP contribution is 2.21. The molecular formula is C11H13FO3. The molecule has 0 saturated carbocycles. The van der Waals surface area contributed by atoms with E-state index < -0.39 is 12.6 Å². The Morgan fingerprint density at radius 3 is 2.87 bits per heavy atom. The Kier molecular flexibility index (Phi) is 4.09. The second kappa shape index (κ2) is 5.34. The van der Waals surface area contributed by atoms with E-state index in [-0.39, 0.29) is 12.2 Å². The average molecular weight is 212 g/mol. The second-order valence-corrected chi connectivity index (χ2v) is 3.12. The number of carbonyl (C=O) groups is 1. The maximum absolute atomic E-state index is 11.8. The number of rotatable bonds is 5. The van der Waals surface area contributed by atoms with Crippen LogP contribution in [0.1, 0.15) is 22.3 Å². The molecule has 0 unspecified atom stereocenters. The highest BCUT2D eigenvalue weighted by molar-refractivity contribution is 5.90. The van der Waals surface area contributed by atoms with E-state index in [0.717, 1.165) is 0 Å². The fourth-order valence-corrected chi connectivity index (χ4v) is 1.24. The smallest absolute Gasteiger partial charge is 0.336 e. The summed E-state index contributed by atoms with van der Waals surface area (Å²) < 4.78 is 17.1. The summed E-state index contributed by atoms with van der Waals surface area (Å²) in [7, 11) is 0. The third kappa shape index (κ3) is 2.94. The summed E-state index contributed by atoms with van der Waals surface area (Å²) in [4.78, 5) is 10.8. The van der Waals surface area contributed by atoms with Crippen molar-refractivity contribution in [3.8, 4) is 5.75 Å². The predicted octanol–water partition coefficient (Wildman–Crippen LogP) is 2.43. The molecule has 0 radical (unpaired) electrons. The zero-order chi connectivity index (χ0) is 11.3. The Balaban J connectivity index is 2.80.